The Balaban J connectivity index is 2.25. The Morgan fingerprint density at radius 1 is 1.17 bits per heavy atom. The van der Waals surface area contributed by atoms with E-state index < -0.39 is 10.1 Å². The first-order valence-electron chi connectivity index (χ1n) is 7.07. The van der Waals surface area contributed by atoms with Crippen molar-refractivity contribution >= 4 is 16.4 Å². The summed E-state index contributed by atoms with van der Waals surface area (Å²) in [6.07, 6.45) is 0.975. The van der Waals surface area contributed by atoms with Crippen LogP contribution >= 0.6 is 0 Å². The second-order valence-corrected chi connectivity index (χ2v) is 6.51. The number of aldehydes is 1. The second-order valence-electron chi connectivity index (χ2n) is 4.96. The van der Waals surface area contributed by atoms with Crippen LogP contribution in [0.25, 0.3) is 0 Å². The van der Waals surface area contributed by atoms with Crippen molar-refractivity contribution in [2.45, 2.75) is 18.2 Å². The van der Waals surface area contributed by atoms with Crippen LogP contribution in [0.2, 0.25) is 0 Å². The van der Waals surface area contributed by atoms with Crippen molar-refractivity contribution in [2.24, 2.45) is 0 Å². The zero-order valence-corrected chi connectivity index (χ0v) is 13.7. The lowest BCUT2D eigenvalue weighted by atomic mass is 10.2. The second kappa shape index (κ2) is 7.62. The third-order valence-corrected chi connectivity index (χ3v) is 4.23. The van der Waals surface area contributed by atoms with Gasteiger partial charge in [-0.3, -0.25) is 0 Å². The molecular formula is C17H15NO5S. The third kappa shape index (κ3) is 4.57. The van der Waals surface area contributed by atoms with E-state index in [0.29, 0.717) is 5.75 Å². The molecule has 124 valence electrons. The molecule has 0 aliphatic heterocycles. The van der Waals surface area contributed by atoms with Crippen LogP contribution in [0, 0.1) is 18.3 Å². The number of nitrogens with zero attached hydrogens (tertiary/aromatic N) is 1. The lowest BCUT2D eigenvalue weighted by Crippen LogP contribution is -2.10. The first kappa shape index (κ1) is 17.5. The van der Waals surface area contributed by atoms with Gasteiger partial charge in [-0.05, 0) is 42.8 Å². The van der Waals surface area contributed by atoms with Crippen LogP contribution in [0.4, 0.5) is 0 Å². The number of hydrogen-bond donors (Lipinski definition) is 0. The first-order chi connectivity index (χ1) is 11.4. The predicted molar refractivity (Wildman–Crippen MR) is 86.3 cm³/mol. The van der Waals surface area contributed by atoms with E-state index in [4.69, 9.17) is 14.2 Å². The number of benzene rings is 2. The SMILES string of the molecule is Cc1cc(OCCC=O)cc(OS(=O)(=O)c2cccc(C#N)c2)c1. The fourth-order valence-electron chi connectivity index (χ4n) is 1.97. The highest BCUT2D eigenvalue weighted by molar-refractivity contribution is 7.87. The Morgan fingerprint density at radius 2 is 1.92 bits per heavy atom. The third-order valence-electron chi connectivity index (χ3n) is 2.99. The van der Waals surface area contributed by atoms with Crippen molar-refractivity contribution in [2.75, 3.05) is 6.61 Å². The lowest BCUT2D eigenvalue weighted by Gasteiger charge is -2.11. The molecule has 0 unspecified atom stereocenters. The molecule has 0 saturated heterocycles. The van der Waals surface area contributed by atoms with Crippen LogP contribution in [0.5, 0.6) is 11.5 Å². The van der Waals surface area contributed by atoms with Gasteiger partial charge in [-0.1, -0.05) is 6.07 Å². The van der Waals surface area contributed by atoms with Crippen LogP contribution in [0.3, 0.4) is 0 Å². The number of hydrogen-bond acceptors (Lipinski definition) is 6. The Hall–Kier alpha value is -2.85. The molecular weight excluding hydrogens is 330 g/mol. The van der Waals surface area contributed by atoms with Crippen molar-refractivity contribution < 1.29 is 22.1 Å². The Bertz CT molecular complexity index is 884. The van der Waals surface area contributed by atoms with Crippen LogP contribution in [0.15, 0.2) is 47.4 Å². The molecule has 0 heterocycles. The first-order valence-corrected chi connectivity index (χ1v) is 8.48. The van der Waals surface area contributed by atoms with Gasteiger partial charge in [0.15, 0.2) is 0 Å². The molecule has 0 bridgehead atoms. The summed E-state index contributed by atoms with van der Waals surface area (Å²) < 4.78 is 35.2. The summed E-state index contributed by atoms with van der Waals surface area (Å²) in [6.45, 7) is 1.96. The van der Waals surface area contributed by atoms with Crippen LogP contribution in [-0.4, -0.2) is 21.3 Å². The summed E-state index contributed by atoms with van der Waals surface area (Å²) in [6, 6.07) is 12.2. The number of ether oxygens (including phenoxy) is 1. The van der Waals surface area contributed by atoms with E-state index in [0.717, 1.165) is 11.8 Å². The van der Waals surface area contributed by atoms with Gasteiger partial charge in [0.2, 0.25) is 0 Å². The highest BCUT2D eigenvalue weighted by atomic mass is 32.2. The summed E-state index contributed by atoms with van der Waals surface area (Å²) in [4.78, 5) is 10.2. The molecule has 2 aromatic carbocycles. The fraction of sp³-hybridized carbons (Fsp3) is 0.176. The number of aryl methyl sites for hydroxylation is 1. The van der Waals surface area contributed by atoms with Crippen molar-refractivity contribution in [1.29, 1.82) is 5.26 Å². The average molecular weight is 345 g/mol. The van der Waals surface area contributed by atoms with Crippen molar-refractivity contribution in [1.82, 2.24) is 0 Å². The normalized spacial score (nSPS) is 10.7. The van der Waals surface area contributed by atoms with E-state index in [2.05, 4.69) is 0 Å². The van der Waals surface area contributed by atoms with Gasteiger partial charge in [-0.15, -0.1) is 0 Å². The Morgan fingerprint density at radius 3 is 2.62 bits per heavy atom. The molecule has 0 atom stereocenters. The molecule has 0 aliphatic rings. The van der Waals surface area contributed by atoms with Crippen molar-refractivity contribution in [3.8, 4) is 17.6 Å². The molecule has 24 heavy (non-hydrogen) atoms. The summed E-state index contributed by atoms with van der Waals surface area (Å²) >= 11 is 0. The predicted octanol–water partition coefficient (Wildman–Crippen LogP) is 2.60. The average Bonchev–Trinajstić information content (AvgIpc) is 2.54. The number of carbonyl (C=O) groups is 1. The highest BCUT2D eigenvalue weighted by Gasteiger charge is 2.18. The molecule has 0 aromatic heterocycles. The lowest BCUT2D eigenvalue weighted by molar-refractivity contribution is -0.108. The minimum absolute atomic E-state index is 0.0958. The molecule has 0 N–H and O–H groups in total. The smallest absolute Gasteiger partial charge is 0.339 e. The van der Waals surface area contributed by atoms with E-state index in [1.807, 2.05) is 6.07 Å². The minimum atomic E-state index is -4.07. The zero-order valence-electron chi connectivity index (χ0n) is 12.9. The van der Waals surface area contributed by atoms with Gasteiger partial charge >= 0.3 is 10.1 Å². The van der Waals surface area contributed by atoms with Gasteiger partial charge < -0.3 is 13.7 Å². The van der Waals surface area contributed by atoms with E-state index in [1.54, 1.807) is 19.1 Å². The van der Waals surface area contributed by atoms with E-state index in [9.17, 15) is 13.2 Å². The van der Waals surface area contributed by atoms with Crippen molar-refractivity contribution in [3.63, 3.8) is 0 Å². The monoisotopic (exact) mass is 345 g/mol. The molecule has 0 amide bonds. The van der Waals surface area contributed by atoms with Gasteiger partial charge in [0.25, 0.3) is 0 Å². The quantitative estimate of drug-likeness (QED) is 0.435. The molecule has 0 aliphatic carbocycles. The van der Waals surface area contributed by atoms with Crippen LogP contribution < -0.4 is 8.92 Å². The highest BCUT2D eigenvalue weighted by Crippen LogP contribution is 2.26. The van der Waals surface area contributed by atoms with Crippen molar-refractivity contribution in [3.05, 3.63) is 53.6 Å². The molecule has 0 spiro atoms. The molecule has 0 fully saturated rings. The summed E-state index contributed by atoms with van der Waals surface area (Å²) in [5.41, 5.74) is 0.969. The van der Waals surface area contributed by atoms with Gasteiger partial charge in [-0.2, -0.15) is 13.7 Å². The summed E-state index contributed by atoms with van der Waals surface area (Å²) in [5, 5.41) is 8.87. The van der Waals surface area contributed by atoms with E-state index >= 15 is 0 Å². The molecule has 2 rings (SSSR count). The van der Waals surface area contributed by atoms with Gasteiger partial charge in [-0.25, -0.2) is 0 Å². The Kier molecular flexibility index (Phi) is 5.55. The zero-order chi connectivity index (χ0) is 17.6. The summed E-state index contributed by atoms with van der Waals surface area (Å²) in [7, 11) is -4.07. The molecule has 2 aromatic rings. The molecule has 7 heteroatoms. The van der Waals surface area contributed by atoms with Gasteiger partial charge in [0.05, 0.1) is 18.2 Å². The molecule has 0 radical (unpaired) electrons. The van der Waals surface area contributed by atoms with E-state index in [-0.39, 0.29) is 29.2 Å². The topological polar surface area (TPSA) is 93.5 Å². The van der Waals surface area contributed by atoms with Gasteiger partial charge in [0.1, 0.15) is 22.7 Å². The van der Waals surface area contributed by atoms with Crippen LogP contribution in [-0.2, 0) is 14.9 Å². The maximum absolute atomic E-state index is 12.3. The number of nitriles is 1. The van der Waals surface area contributed by atoms with E-state index in [1.165, 1.54) is 30.3 Å². The fourth-order valence-corrected chi connectivity index (χ4v) is 2.93. The van der Waals surface area contributed by atoms with Crippen LogP contribution in [0.1, 0.15) is 17.5 Å². The van der Waals surface area contributed by atoms with Gasteiger partial charge in [0, 0.05) is 12.5 Å². The largest absolute Gasteiger partial charge is 0.493 e. The summed E-state index contributed by atoms with van der Waals surface area (Å²) in [5.74, 6) is 0.506. The maximum atomic E-state index is 12.3. The molecule has 0 saturated carbocycles. The number of rotatable bonds is 7. The number of carbonyl (C=O) groups excluding carboxylic acids is 1. The molecule has 6 nitrogen and oxygen atoms in total. The minimum Gasteiger partial charge on any atom is -0.493 e. The maximum Gasteiger partial charge on any atom is 0.339 e. The standard InChI is InChI=1S/C17H15NO5S/c1-13-8-15(22-7-3-6-19)11-16(9-13)23-24(20,21)17-5-2-4-14(10-17)12-18/h2,4-6,8-11H,3,7H2,1H3. The Labute approximate surface area is 140 Å².